The van der Waals surface area contributed by atoms with Crippen molar-refractivity contribution in [2.45, 2.75) is 26.7 Å². The van der Waals surface area contributed by atoms with Crippen LogP contribution in [0.4, 0.5) is 0 Å². The number of primary amides is 1. The SMILES string of the molecule is CCc1nn(C)c(CC)c1-c1ccc(C(N)=O)cc1. The summed E-state index contributed by atoms with van der Waals surface area (Å²) in [6, 6.07) is 7.41. The Balaban J connectivity index is 2.54. The van der Waals surface area contributed by atoms with Gasteiger partial charge in [0.25, 0.3) is 0 Å². The minimum absolute atomic E-state index is 0.399. The molecule has 1 heterocycles. The van der Waals surface area contributed by atoms with E-state index in [9.17, 15) is 4.79 Å². The Bertz CT molecular complexity index is 597. The fourth-order valence-electron chi connectivity index (χ4n) is 2.41. The van der Waals surface area contributed by atoms with Crippen molar-refractivity contribution in [3.8, 4) is 11.1 Å². The number of hydrogen-bond donors (Lipinski definition) is 1. The van der Waals surface area contributed by atoms with Gasteiger partial charge in [-0.15, -0.1) is 0 Å². The van der Waals surface area contributed by atoms with Gasteiger partial charge in [0.05, 0.1) is 5.69 Å². The summed E-state index contributed by atoms with van der Waals surface area (Å²) in [6.45, 7) is 4.22. The summed E-state index contributed by atoms with van der Waals surface area (Å²) in [7, 11) is 1.97. The number of carbonyl (C=O) groups excluding carboxylic acids is 1. The van der Waals surface area contributed by atoms with Gasteiger partial charge in [0.1, 0.15) is 0 Å². The van der Waals surface area contributed by atoms with E-state index in [0.717, 1.165) is 24.1 Å². The van der Waals surface area contributed by atoms with Crippen LogP contribution < -0.4 is 5.73 Å². The number of nitrogens with zero attached hydrogens (tertiary/aromatic N) is 2. The van der Waals surface area contributed by atoms with Crippen molar-refractivity contribution in [2.24, 2.45) is 12.8 Å². The second kappa shape index (κ2) is 5.26. The highest BCUT2D eigenvalue weighted by Crippen LogP contribution is 2.28. The van der Waals surface area contributed by atoms with Gasteiger partial charge >= 0.3 is 0 Å². The van der Waals surface area contributed by atoms with E-state index >= 15 is 0 Å². The zero-order valence-corrected chi connectivity index (χ0v) is 11.6. The average Bonchev–Trinajstić information content (AvgIpc) is 2.74. The molecule has 0 fully saturated rings. The molecule has 19 heavy (non-hydrogen) atoms. The maximum atomic E-state index is 11.1. The van der Waals surface area contributed by atoms with Crippen LogP contribution in [0, 0.1) is 0 Å². The normalized spacial score (nSPS) is 10.7. The number of benzene rings is 1. The van der Waals surface area contributed by atoms with Crippen LogP contribution >= 0.6 is 0 Å². The van der Waals surface area contributed by atoms with Gasteiger partial charge in [-0.2, -0.15) is 5.10 Å². The van der Waals surface area contributed by atoms with Crippen LogP contribution in [-0.4, -0.2) is 15.7 Å². The lowest BCUT2D eigenvalue weighted by Gasteiger charge is -2.06. The van der Waals surface area contributed by atoms with Crippen LogP contribution in [-0.2, 0) is 19.9 Å². The molecule has 2 aromatic rings. The molecule has 0 saturated carbocycles. The van der Waals surface area contributed by atoms with E-state index in [1.807, 2.05) is 23.9 Å². The average molecular weight is 257 g/mol. The molecule has 1 amide bonds. The fourth-order valence-corrected chi connectivity index (χ4v) is 2.41. The van der Waals surface area contributed by atoms with Gasteiger partial charge in [0.15, 0.2) is 0 Å². The quantitative estimate of drug-likeness (QED) is 0.913. The van der Waals surface area contributed by atoms with Crippen molar-refractivity contribution in [2.75, 3.05) is 0 Å². The molecule has 0 atom stereocenters. The topological polar surface area (TPSA) is 60.9 Å². The molecule has 1 aromatic heterocycles. The summed E-state index contributed by atoms with van der Waals surface area (Å²) >= 11 is 0. The largest absolute Gasteiger partial charge is 0.366 e. The van der Waals surface area contributed by atoms with E-state index < -0.39 is 5.91 Å². The van der Waals surface area contributed by atoms with Crippen LogP contribution in [0.2, 0.25) is 0 Å². The number of aryl methyl sites for hydroxylation is 2. The second-order valence-corrected chi connectivity index (χ2v) is 4.54. The molecule has 100 valence electrons. The Hall–Kier alpha value is -2.10. The van der Waals surface area contributed by atoms with E-state index in [-0.39, 0.29) is 0 Å². The Morgan fingerprint density at radius 1 is 1.21 bits per heavy atom. The smallest absolute Gasteiger partial charge is 0.248 e. The molecule has 0 unspecified atom stereocenters. The summed E-state index contributed by atoms with van der Waals surface area (Å²) in [6.07, 6.45) is 1.82. The molecular weight excluding hydrogens is 238 g/mol. The summed E-state index contributed by atoms with van der Waals surface area (Å²) in [5.74, 6) is -0.399. The van der Waals surface area contributed by atoms with Gasteiger partial charge in [0.2, 0.25) is 5.91 Å². The van der Waals surface area contributed by atoms with Gasteiger partial charge < -0.3 is 5.73 Å². The number of rotatable bonds is 4. The molecule has 4 heteroatoms. The minimum atomic E-state index is -0.399. The first-order valence-corrected chi connectivity index (χ1v) is 6.53. The highest BCUT2D eigenvalue weighted by molar-refractivity contribution is 5.93. The molecule has 0 aliphatic carbocycles. The first-order chi connectivity index (χ1) is 9.08. The van der Waals surface area contributed by atoms with Crippen molar-refractivity contribution >= 4 is 5.91 Å². The summed E-state index contributed by atoms with van der Waals surface area (Å²) in [5.41, 5.74) is 10.4. The van der Waals surface area contributed by atoms with E-state index in [4.69, 9.17) is 5.73 Å². The Labute approximate surface area is 113 Å². The first kappa shape index (κ1) is 13.3. The van der Waals surface area contributed by atoms with Crippen molar-refractivity contribution in [1.29, 1.82) is 0 Å². The van der Waals surface area contributed by atoms with E-state index in [2.05, 4.69) is 18.9 Å². The number of nitrogens with two attached hydrogens (primary N) is 1. The number of hydrogen-bond acceptors (Lipinski definition) is 2. The molecule has 0 bridgehead atoms. The molecule has 1 aromatic carbocycles. The Kier molecular flexibility index (Phi) is 3.69. The maximum absolute atomic E-state index is 11.1. The highest BCUT2D eigenvalue weighted by atomic mass is 16.1. The van der Waals surface area contributed by atoms with Crippen LogP contribution in [0.1, 0.15) is 35.6 Å². The molecule has 0 aliphatic rings. The van der Waals surface area contributed by atoms with Crippen molar-refractivity contribution in [3.63, 3.8) is 0 Å². The van der Waals surface area contributed by atoms with Crippen molar-refractivity contribution < 1.29 is 4.79 Å². The second-order valence-electron chi connectivity index (χ2n) is 4.54. The lowest BCUT2D eigenvalue weighted by Crippen LogP contribution is -2.10. The summed E-state index contributed by atoms with van der Waals surface area (Å²) < 4.78 is 1.94. The third kappa shape index (κ3) is 2.38. The standard InChI is InChI=1S/C15H19N3O/c1-4-12-14(13(5-2)18(3)17-12)10-6-8-11(9-7-10)15(16)19/h6-9H,4-5H2,1-3H3,(H2,16,19). The van der Waals surface area contributed by atoms with Crippen LogP contribution in [0.5, 0.6) is 0 Å². The van der Waals surface area contributed by atoms with Gasteiger partial charge in [-0.25, -0.2) is 0 Å². The summed E-state index contributed by atoms with van der Waals surface area (Å²) in [5, 5.41) is 4.56. The predicted octanol–water partition coefficient (Wildman–Crippen LogP) is 2.31. The first-order valence-electron chi connectivity index (χ1n) is 6.53. The minimum Gasteiger partial charge on any atom is -0.366 e. The van der Waals surface area contributed by atoms with Gasteiger partial charge in [-0.1, -0.05) is 26.0 Å². The molecular formula is C15H19N3O. The third-order valence-corrected chi connectivity index (χ3v) is 3.37. The number of aromatic nitrogens is 2. The molecule has 4 nitrogen and oxygen atoms in total. The monoisotopic (exact) mass is 257 g/mol. The van der Waals surface area contributed by atoms with Crippen LogP contribution in [0.3, 0.4) is 0 Å². The van der Waals surface area contributed by atoms with Crippen molar-refractivity contribution in [3.05, 3.63) is 41.2 Å². The Morgan fingerprint density at radius 3 is 2.32 bits per heavy atom. The van der Waals surface area contributed by atoms with Gasteiger partial charge in [-0.3, -0.25) is 9.48 Å². The molecule has 2 N–H and O–H groups in total. The molecule has 0 spiro atoms. The lowest BCUT2D eigenvalue weighted by molar-refractivity contribution is 0.100. The molecule has 0 saturated heterocycles. The zero-order valence-electron chi connectivity index (χ0n) is 11.6. The third-order valence-electron chi connectivity index (χ3n) is 3.37. The van der Waals surface area contributed by atoms with E-state index in [1.54, 1.807) is 12.1 Å². The maximum Gasteiger partial charge on any atom is 0.248 e. The summed E-state index contributed by atoms with van der Waals surface area (Å²) in [4.78, 5) is 11.1. The van der Waals surface area contributed by atoms with E-state index in [0.29, 0.717) is 5.56 Å². The van der Waals surface area contributed by atoms with Crippen LogP contribution in [0.25, 0.3) is 11.1 Å². The number of amides is 1. The zero-order chi connectivity index (χ0) is 14.0. The van der Waals surface area contributed by atoms with Crippen molar-refractivity contribution in [1.82, 2.24) is 9.78 Å². The highest BCUT2D eigenvalue weighted by Gasteiger charge is 2.15. The van der Waals surface area contributed by atoms with Crippen LogP contribution in [0.15, 0.2) is 24.3 Å². The molecule has 0 aliphatic heterocycles. The van der Waals surface area contributed by atoms with E-state index in [1.165, 1.54) is 11.3 Å². The fraction of sp³-hybridized carbons (Fsp3) is 0.333. The Morgan fingerprint density at radius 2 is 1.84 bits per heavy atom. The number of carbonyl (C=O) groups is 1. The predicted molar refractivity (Wildman–Crippen MR) is 75.9 cm³/mol. The van der Waals surface area contributed by atoms with Gasteiger partial charge in [0, 0.05) is 23.9 Å². The van der Waals surface area contributed by atoms with Gasteiger partial charge in [-0.05, 0) is 30.5 Å². The molecule has 2 rings (SSSR count). The molecule has 0 radical (unpaired) electrons. The lowest BCUT2D eigenvalue weighted by atomic mass is 9.99.